The fourth-order valence-corrected chi connectivity index (χ4v) is 2.88. The van der Waals surface area contributed by atoms with Gasteiger partial charge in [-0.2, -0.15) is 0 Å². The highest BCUT2D eigenvalue weighted by Crippen LogP contribution is 2.36. The highest BCUT2D eigenvalue weighted by molar-refractivity contribution is 6.33. The number of nitrogens with one attached hydrogen (secondary N) is 1. The van der Waals surface area contributed by atoms with E-state index in [1.54, 1.807) is 6.33 Å². The number of anilines is 1. The summed E-state index contributed by atoms with van der Waals surface area (Å²) in [5.74, 6) is 0.746. The van der Waals surface area contributed by atoms with Crippen LogP contribution in [0.3, 0.4) is 0 Å². The SMILES string of the molecule is Cc1nc2oc3c(NC4CCC4)ncnc3c2c(C)c1Cl. The van der Waals surface area contributed by atoms with Gasteiger partial charge in [-0.3, -0.25) is 0 Å². The van der Waals surface area contributed by atoms with Crippen LogP contribution in [0, 0.1) is 13.8 Å². The Balaban J connectivity index is 1.98. The monoisotopic (exact) mass is 302 g/mol. The number of furan rings is 1. The van der Waals surface area contributed by atoms with Crippen molar-refractivity contribution in [1.82, 2.24) is 15.0 Å². The summed E-state index contributed by atoms with van der Waals surface area (Å²) in [4.78, 5) is 13.1. The molecule has 0 aromatic carbocycles. The molecule has 3 heterocycles. The summed E-state index contributed by atoms with van der Waals surface area (Å²) in [6.07, 6.45) is 5.18. The maximum atomic E-state index is 6.31. The minimum absolute atomic E-state index is 0.482. The number of nitrogens with zero attached hydrogens (tertiary/aromatic N) is 3. The van der Waals surface area contributed by atoms with Crippen molar-refractivity contribution in [3.63, 3.8) is 0 Å². The van der Waals surface area contributed by atoms with Crippen molar-refractivity contribution in [2.24, 2.45) is 0 Å². The van der Waals surface area contributed by atoms with E-state index in [1.807, 2.05) is 13.8 Å². The molecule has 1 N–H and O–H groups in total. The standard InChI is InChI=1S/C15H15ClN4O/c1-7-10-12-13(21-15(10)19-8(2)11(7)16)14(18-6-17-12)20-9-4-3-5-9/h6,9H,3-5H2,1-2H3,(H,17,18,20). The molecule has 1 saturated carbocycles. The van der Waals surface area contributed by atoms with Gasteiger partial charge in [0.15, 0.2) is 11.4 Å². The van der Waals surface area contributed by atoms with Crippen molar-refractivity contribution in [1.29, 1.82) is 0 Å². The summed E-state index contributed by atoms with van der Waals surface area (Å²) in [6.45, 7) is 3.84. The Morgan fingerprint density at radius 1 is 1.29 bits per heavy atom. The van der Waals surface area contributed by atoms with Gasteiger partial charge in [0.05, 0.1) is 16.1 Å². The van der Waals surface area contributed by atoms with E-state index >= 15 is 0 Å². The highest BCUT2D eigenvalue weighted by atomic mass is 35.5. The van der Waals surface area contributed by atoms with Crippen LogP contribution in [0.1, 0.15) is 30.5 Å². The van der Waals surface area contributed by atoms with E-state index in [1.165, 1.54) is 19.3 Å². The molecule has 0 saturated heterocycles. The molecule has 1 aliphatic carbocycles. The highest BCUT2D eigenvalue weighted by Gasteiger charge is 2.22. The molecule has 108 valence electrons. The van der Waals surface area contributed by atoms with Gasteiger partial charge in [-0.25, -0.2) is 15.0 Å². The van der Waals surface area contributed by atoms with Crippen LogP contribution in [-0.4, -0.2) is 21.0 Å². The fraction of sp³-hybridized carbons (Fsp3) is 0.400. The normalized spacial score (nSPS) is 15.6. The zero-order chi connectivity index (χ0) is 14.6. The lowest BCUT2D eigenvalue weighted by Gasteiger charge is -2.26. The predicted molar refractivity (Wildman–Crippen MR) is 82.9 cm³/mol. The number of aryl methyl sites for hydroxylation is 2. The van der Waals surface area contributed by atoms with Crippen molar-refractivity contribution in [2.75, 3.05) is 5.32 Å². The lowest BCUT2D eigenvalue weighted by Crippen LogP contribution is -2.27. The van der Waals surface area contributed by atoms with Crippen LogP contribution in [0.2, 0.25) is 5.02 Å². The largest absolute Gasteiger partial charge is 0.432 e. The molecule has 0 unspecified atom stereocenters. The molecule has 0 amide bonds. The molecule has 1 aliphatic rings. The lowest BCUT2D eigenvalue weighted by atomic mass is 9.93. The van der Waals surface area contributed by atoms with Crippen LogP contribution >= 0.6 is 11.6 Å². The molecule has 5 nitrogen and oxygen atoms in total. The average molecular weight is 303 g/mol. The number of pyridine rings is 1. The van der Waals surface area contributed by atoms with Crippen LogP contribution in [0.15, 0.2) is 10.7 Å². The number of fused-ring (bicyclic) bond motifs is 3. The number of rotatable bonds is 2. The van der Waals surface area contributed by atoms with Gasteiger partial charge in [0, 0.05) is 6.04 Å². The van der Waals surface area contributed by atoms with Gasteiger partial charge in [-0.1, -0.05) is 11.6 Å². The Kier molecular flexibility index (Phi) is 2.79. The lowest BCUT2D eigenvalue weighted by molar-refractivity contribution is 0.444. The van der Waals surface area contributed by atoms with Crippen molar-refractivity contribution < 1.29 is 4.42 Å². The molecule has 0 aliphatic heterocycles. The molecule has 6 heteroatoms. The Hall–Kier alpha value is -1.88. The second-order valence-electron chi connectivity index (χ2n) is 5.59. The van der Waals surface area contributed by atoms with Gasteiger partial charge in [0.25, 0.3) is 0 Å². The zero-order valence-corrected chi connectivity index (χ0v) is 12.7. The maximum Gasteiger partial charge on any atom is 0.229 e. The van der Waals surface area contributed by atoms with E-state index in [-0.39, 0.29) is 0 Å². The first-order valence-corrected chi connectivity index (χ1v) is 7.49. The van der Waals surface area contributed by atoms with Gasteiger partial charge < -0.3 is 9.73 Å². The summed E-state index contributed by atoms with van der Waals surface area (Å²) in [5.41, 5.74) is 3.72. The van der Waals surface area contributed by atoms with E-state index in [4.69, 9.17) is 16.0 Å². The fourth-order valence-electron chi connectivity index (χ4n) is 2.75. The molecule has 0 bridgehead atoms. The average Bonchev–Trinajstić information content (AvgIpc) is 2.79. The molecule has 0 atom stereocenters. The van der Waals surface area contributed by atoms with E-state index in [2.05, 4.69) is 20.3 Å². The van der Waals surface area contributed by atoms with Gasteiger partial charge >= 0.3 is 0 Å². The summed E-state index contributed by atoms with van der Waals surface area (Å²) in [7, 11) is 0. The Morgan fingerprint density at radius 2 is 2.10 bits per heavy atom. The van der Waals surface area contributed by atoms with Gasteiger partial charge in [0.1, 0.15) is 11.8 Å². The van der Waals surface area contributed by atoms with Crippen LogP contribution in [0.5, 0.6) is 0 Å². The van der Waals surface area contributed by atoms with Crippen molar-refractivity contribution in [3.8, 4) is 0 Å². The Bertz CT molecular complexity index is 854. The van der Waals surface area contributed by atoms with Gasteiger partial charge in [-0.05, 0) is 38.7 Å². The first-order valence-electron chi connectivity index (χ1n) is 7.11. The third kappa shape index (κ3) is 1.87. The predicted octanol–water partition coefficient (Wildman–Crippen LogP) is 4.01. The quantitative estimate of drug-likeness (QED) is 0.775. The number of halogens is 1. The maximum absolute atomic E-state index is 6.31. The molecule has 4 rings (SSSR count). The van der Waals surface area contributed by atoms with Crippen molar-refractivity contribution in [3.05, 3.63) is 22.6 Å². The second-order valence-corrected chi connectivity index (χ2v) is 5.97. The summed E-state index contributed by atoms with van der Waals surface area (Å²) >= 11 is 6.31. The molecule has 1 fully saturated rings. The van der Waals surface area contributed by atoms with E-state index in [0.29, 0.717) is 22.4 Å². The van der Waals surface area contributed by atoms with E-state index in [9.17, 15) is 0 Å². The number of hydrogen-bond donors (Lipinski definition) is 1. The van der Waals surface area contributed by atoms with Crippen LogP contribution in [0.4, 0.5) is 5.82 Å². The third-order valence-electron chi connectivity index (χ3n) is 4.19. The second kappa shape index (κ2) is 4.56. The topological polar surface area (TPSA) is 63.8 Å². The zero-order valence-electron chi connectivity index (χ0n) is 11.9. The number of aromatic nitrogens is 3. The summed E-state index contributed by atoms with van der Waals surface area (Å²) in [6, 6.07) is 0.482. The van der Waals surface area contributed by atoms with E-state index < -0.39 is 0 Å². The number of hydrogen-bond acceptors (Lipinski definition) is 5. The minimum Gasteiger partial charge on any atom is -0.432 e. The van der Waals surface area contributed by atoms with Crippen LogP contribution in [0.25, 0.3) is 22.2 Å². The molecular weight excluding hydrogens is 288 g/mol. The first kappa shape index (κ1) is 12.8. The molecule has 0 radical (unpaired) electrons. The molecule has 3 aromatic rings. The Labute approximate surface area is 126 Å². The van der Waals surface area contributed by atoms with Crippen LogP contribution in [-0.2, 0) is 0 Å². The summed E-state index contributed by atoms with van der Waals surface area (Å²) in [5, 5.41) is 4.96. The first-order chi connectivity index (χ1) is 10.1. The van der Waals surface area contributed by atoms with Crippen molar-refractivity contribution in [2.45, 2.75) is 39.2 Å². The summed E-state index contributed by atoms with van der Waals surface area (Å²) < 4.78 is 5.91. The molecule has 3 aromatic heterocycles. The Morgan fingerprint density at radius 3 is 2.81 bits per heavy atom. The minimum atomic E-state index is 0.482. The molecular formula is C15H15ClN4O. The van der Waals surface area contributed by atoms with Crippen molar-refractivity contribution >= 4 is 39.6 Å². The van der Waals surface area contributed by atoms with Crippen LogP contribution < -0.4 is 5.32 Å². The van der Waals surface area contributed by atoms with Gasteiger partial charge in [-0.15, -0.1) is 0 Å². The smallest absolute Gasteiger partial charge is 0.229 e. The van der Waals surface area contributed by atoms with Gasteiger partial charge in [0.2, 0.25) is 5.71 Å². The molecule has 21 heavy (non-hydrogen) atoms. The third-order valence-corrected chi connectivity index (χ3v) is 4.75. The molecule has 0 spiro atoms. The van der Waals surface area contributed by atoms with E-state index in [0.717, 1.165) is 28.0 Å².